The van der Waals surface area contributed by atoms with Crippen LogP contribution in [0.25, 0.3) is 0 Å². The van der Waals surface area contributed by atoms with E-state index in [4.69, 9.17) is 0 Å². The van der Waals surface area contributed by atoms with Gasteiger partial charge in [0, 0.05) is 25.8 Å². The van der Waals surface area contributed by atoms with Gasteiger partial charge in [-0.2, -0.15) is 0 Å². The number of piperidine rings is 1. The molecule has 0 radical (unpaired) electrons. The molecule has 2 heterocycles. The van der Waals surface area contributed by atoms with E-state index < -0.39 is 0 Å². The number of hydrogen-bond acceptors (Lipinski definition) is 4. The Morgan fingerprint density at radius 3 is 2.64 bits per heavy atom. The molecule has 0 bridgehead atoms. The van der Waals surface area contributed by atoms with Crippen molar-refractivity contribution in [3.8, 4) is 0 Å². The topological polar surface area (TPSA) is 48.5 Å². The molecule has 0 unspecified atom stereocenters. The monoisotopic (exact) mass is 380 g/mol. The Balaban J connectivity index is 1.49. The van der Waals surface area contributed by atoms with Crippen molar-refractivity contribution in [2.24, 2.45) is 5.92 Å². The van der Waals surface area contributed by atoms with Crippen LogP contribution in [0.15, 0.2) is 48.8 Å². The van der Waals surface area contributed by atoms with Crippen LogP contribution in [0.4, 0.5) is 5.69 Å². The van der Waals surface area contributed by atoms with Gasteiger partial charge in [-0.25, -0.2) is 0 Å². The van der Waals surface area contributed by atoms with Crippen LogP contribution in [0.1, 0.15) is 35.2 Å². The number of pyridine rings is 1. The van der Waals surface area contributed by atoms with E-state index in [1.165, 1.54) is 18.4 Å². The molecule has 2 aromatic rings. The number of rotatable bonds is 8. The molecule has 0 spiro atoms. The third kappa shape index (κ3) is 6.06. The van der Waals surface area contributed by atoms with Crippen molar-refractivity contribution in [1.29, 1.82) is 0 Å². The average Bonchev–Trinajstić information content (AvgIpc) is 2.72. The Kier molecular flexibility index (Phi) is 7.43. The Labute approximate surface area is 168 Å². The molecule has 0 saturated carbocycles. The van der Waals surface area contributed by atoms with E-state index in [2.05, 4.69) is 50.4 Å². The summed E-state index contributed by atoms with van der Waals surface area (Å²) < 4.78 is 0. The minimum absolute atomic E-state index is 0.0351. The lowest BCUT2D eigenvalue weighted by atomic mass is 9.90. The van der Waals surface area contributed by atoms with Crippen LogP contribution in [0, 0.1) is 5.92 Å². The van der Waals surface area contributed by atoms with Gasteiger partial charge in [0.05, 0.1) is 17.4 Å². The second kappa shape index (κ2) is 10.2. The van der Waals surface area contributed by atoms with Gasteiger partial charge in [0.25, 0.3) is 5.91 Å². The fraction of sp³-hybridized carbons (Fsp3) is 0.478. The molecule has 28 heavy (non-hydrogen) atoms. The maximum absolute atomic E-state index is 12.4. The number of amides is 1. The minimum atomic E-state index is -0.0351. The number of nitrogens with zero attached hydrogens (tertiary/aromatic N) is 3. The third-order valence-corrected chi connectivity index (χ3v) is 5.40. The van der Waals surface area contributed by atoms with E-state index in [1.54, 1.807) is 6.20 Å². The van der Waals surface area contributed by atoms with Crippen molar-refractivity contribution in [3.63, 3.8) is 0 Å². The van der Waals surface area contributed by atoms with Gasteiger partial charge in [-0.05, 0) is 63.9 Å². The van der Waals surface area contributed by atoms with E-state index >= 15 is 0 Å². The average molecular weight is 381 g/mol. The Morgan fingerprint density at radius 1 is 1.18 bits per heavy atom. The lowest BCUT2D eigenvalue weighted by Gasteiger charge is -2.33. The maximum atomic E-state index is 12.4. The molecular formula is C23H32N4O. The Bertz CT molecular complexity index is 739. The number of carbonyl (C=O) groups is 1. The van der Waals surface area contributed by atoms with Crippen LogP contribution >= 0.6 is 0 Å². The minimum Gasteiger partial charge on any atom is -0.370 e. The molecule has 1 N–H and O–H groups in total. The van der Waals surface area contributed by atoms with Gasteiger partial charge in [-0.15, -0.1) is 0 Å². The van der Waals surface area contributed by atoms with E-state index in [1.807, 2.05) is 26.4 Å². The first-order valence-corrected chi connectivity index (χ1v) is 10.3. The first-order chi connectivity index (χ1) is 13.6. The molecule has 5 heteroatoms. The van der Waals surface area contributed by atoms with Crippen molar-refractivity contribution >= 4 is 11.6 Å². The molecule has 0 aliphatic carbocycles. The highest BCUT2D eigenvalue weighted by molar-refractivity contribution is 5.94. The zero-order valence-electron chi connectivity index (χ0n) is 17.1. The van der Waals surface area contributed by atoms with E-state index in [-0.39, 0.29) is 5.91 Å². The Morgan fingerprint density at radius 2 is 1.93 bits per heavy atom. The molecule has 1 aromatic carbocycles. The predicted octanol–water partition coefficient (Wildman–Crippen LogP) is 3.22. The van der Waals surface area contributed by atoms with Crippen molar-refractivity contribution in [3.05, 3.63) is 59.9 Å². The number of nitrogens with one attached hydrogen (secondary N) is 1. The standard InChI is InChI=1S/C23H32N4O/c1-26(2)12-6-11-25-23(28)21-16-22(18-24-17-21)27-13-9-20(10-14-27)15-19-7-4-3-5-8-19/h3-5,7-8,16-18,20H,6,9-15H2,1-2H3,(H,25,28). The molecular weight excluding hydrogens is 348 g/mol. The molecule has 1 saturated heterocycles. The molecule has 1 aromatic heterocycles. The van der Waals surface area contributed by atoms with E-state index in [0.717, 1.165) is 44.1 Å². The van der Waals surface area contributed by atoms with Gasteiger partial charge >= 0.3 is 0 Å². The van der Waals surface area contributed by atoms with Crippen LogP contribution in [0.3, 0.4) is 0 Å². The van der Waals surface area contributed by atoms with Gasteiger partial charge < -0.3 is 15.1 Å². The highest BCUT2D eigenvalue weighted by atomic mass is 16.1. The molecule has 1 fully saturated rings. The largest absolute Gasteiger partial charge is 0.370 e. The fourth-order valence-corrected chi connectivity index (χ4v) is 3.77. The maximum Gasteiger partial charge on any atom is 0.252 e. The van der Waals surface area contributed by atoms with Crippen LogP contribution in [-0.2, 0) is 6.42 Å². The first kappa shape index (κ1) is 20.3. The zero-order valence-corrected chi connectivity index (χ0v) is 17.1. The normalized spacial score (nSPS) is 15.0. The van der Waals surface area contributed by atoms with Gasteiger partial charge in [0.1, 0.15) is 0 Å². The number of hydrogen-bond donors (Lipinski definition) is 1. The summed E-state index contributed by atoms with van der Waals surface area (Å²) in [6, 6.07) is 12.7. The van der Waals surface area contributed by atoms with Crippen molar-refractivity contribution in [1.82, 2.24) is 15.2 Å². The highest BCUT2D eigenvalue weighted by Crippen LogP contribution is 2.25. The van der Waals surface area contributed by atoms with Crippen LogP contribution < -0.4 is 10.2 Å². The summed E-state index contributed by atoms with van der Waals surface area (Å²) in [4.78, 5) is 21.2. The second-order valence-corrected chi connectivity index (χ2v) is 7.96. The van der Waals surface area contributed by atoms with E-state index in [9.17, 15) is 4.79 Å². The van der Waals surface area contributed by atoms with Gasteiger partial charge in [0.15, 0.2) is 0 Å². The number of benzene rings is 1. The summed E-state index contributed by atoms with van der Waals surface area (Å²) in [5.41, 5.74) is 3.13. The predicted molar refractivity (Wildman–Crippen MR) is 115 cm³/mol. The molecule has 5 nitrogen and oxygen atoms in total. The van der Waals surface area contributed by atoms with E-state index in [0.29, 0.717) is 12.1 Å². The number of anilines is 1. The first-order valence-electron chi connectivity index (χ1n) is 10.3. The molecule has 1 amide bonds. The second-order valence-electron chi connectivity index (χ2n) is 7.96. The van der Waals surface area contributed by atoms with Crippen LogP contribution in [-0.4, -0.2) is 56.1 Å². The van der Waals surface area contributed by atoms with Gasteiger partial charge in [0.2, 0.25) is 0 Å². The summed E-state index contributed by atoms with van der Waals surface area (Å²) in [7, 11) is 4.08. The molecule has 150 valence electrons. The molecule has 0 atom stereocenters. The number of aromatic nitrogens is 1. The fourth-order valence-electron chi connectivity index (χ4n) is 3.77. The van der Waals surface area contributed by atoms with Crippen molar-refractivity contribution in [2.75, 3.05) is 45.2 Å². The highest BCUT2D eigenvalue weighted by Gasteiger charge is 2.20. The summed E-state index contributed by atoms with van der Waals surface area (Å²) in [6.07, 6.45) is 7.99. The smallest absolute Gasteiger partial charge is 0.252 e. The Hall–Kier alpha value is -2.40. The summed E-state index contributed by atoms with van der Waals surface area (Å²) in [5.74, 6) is 0.696. The zero-order chi connectivity index (χ0) is 19.8. The van der Waals surface area contributed by atoms with Crippen LogP contribution in [0.5, 0.6) is 0 Å². The number of carbonyl (C=O) groups excluding carboxylic acids is 1. The van der Waals surface area contributed by atoms with Gasteiger partial charge in [-0.1, -0.05) is 30.3 Å². The van der Waals surface area contributed by atoms with Crippen molar-refractivity contribution in [2.45, 2.75) is 25.7 Å². The van der Waals surface area contributed by atoms with Crippen LogP contribution in [0.2, 0.25) is 0 Å². The molecule has 3 rings (SSSR count). The lowest BCUT2D eigenvalue weighted by Crippen LogP contribution is -2.34. The summed E-state index contributed by atoms with van der Waals surface area (Å²) in [6.45, 7) is 3.70. The summed E-state index contributed by atoms with van der Waals surface area (Å²) >= 11 is 0. The quantitative estimate of drug-likeness (QED) is 0.715. The SMILES string of the molecule is CN(C)CCCNC(=O)c1cncc(N2CCC(Cc3ccccc3)CC2)c1. The third-order valence-electron chi connectivity index (χ3n) is 5.40. The lowest BCUT2D eigenvalue weighted by molar-refractivity contribution is 0.0952. The molecule has 1 aliphatic heterocycles. The van der Waals surface area contributed by atoms with Gasteiger partial charge in [-0.3, -0.25) is 9.78 Å². The summed E-state index contributed by atoms with van der Waals surface area (Å²) in [5, 5.41) is 2.99. The molecule has 1 aliphatic rings. The van der Waals surface area contributed by atoms with Crippen molar-refractivity contribution < 1.29 is 4.79 Å².